The molecule has 0 aromatic carbocycles. The van der Waals surface area contributed by atoms with E-state index in [-0.39, 0.29) is 22.3 Å². The first-order valence-corrected chi connectivity index (χ1v) is 13.8. The monoisotopic (exact) mass is 442 g/mol. The van der Waals surface area contributed by atoms with Crippen molar-refractivity contribution >= 4 is 0 Å². The Labute approximate surface area is 197 Å². The molecular weight excluding hydrogens is 392 g/mol. The topological polar surface area (TPSA) is 40.5 Å². The molecule has 0 aromatic rings. The van der Waals surface area contributed by atoms with E-state index in [2.05, 4.69) is 54.5 Å². The van der Waals surface area contributed by atoms with Gasteiger partial charge in [0.15, 0.2) is 0 Å². The van der Waals surface area contributed by atoms with Gasteiger partial charge in [-0.15, -0.1) is 0 Å². The normalized spacial score (nSPS) is 56.8. The molecule has 0 amide bonds. The van der Waals surface area contributed by atoms with Crippen LogP contribution in [0.2, 0.25) is 0 Å². The molecule has 2 unspecified atom stereocenters. The van der Waals surface area contributed by atoms with Gasteiger partial charge < -0.3 is 10.2 Å². The minimum Gasteiger partial charge on any atom is -0.396 e. The third-order valence-corrected chi connectivity index (χ3v) is 13.3. The van der Waals surface area contributed by atoms with Crippen molar-refractivity contribution in [2.75, 3.05) is 6.61 Å². The molecule has 0 bridgehead atoms. The van der Waals surface area contributed by atoms with Crippen molar-refractivity contribution in [3.05, 3.63) is 11.6 Å². The van der Waals surface area contributed by atoms with Crippen molar-refractivity contribution in [3.63, 3.8) is 0 Å². The van der Waals surface area contributed by atoms with Gasteiger partial charge in [0.1, 0.15) is 0 Å². The van der Waals surface area contributed by atoms with Crippen molar-refractivity contribution in [1.82, 2.24) is 0 Å². The van der Waals surface area contributed by atoms with Gasteiger partial charge >= 0.3 is 0 Å². The van der Waals surface area contributed by atoms with E-state index in [1.807, 2.05) is 0 Å². The summed E-state index contributed by atoms with van der Waals surface area (Å²) in [6, 6.07) is 0. The lowest BCUT2D eigenvalue weighted by Crippen LogP contribution is -2.64. The standard InChI is InChI=1S/C30H50O2/c1-25(2)22-10-13-30(7)23(28(22,5)12-11-24(25)32)9-8-20-21-18-26(3,19-31)14-15-27(21,4)16-17-29(20,30)6/h8,21-24,31-32H,9-19H2,1-7H3/t21-,22?,23+,24-,26?,27+,28-,29+,30+/m0/s1. The van der Waals surface area contributed by atoms with Gasteiger partial charge in [0, 0.05) is 6.61 Å². The third-order valence-electron chi connectivity index (χ3n) is 13.3. The molecule has 5 aliphatic rings. The fourth-order valence-corrected chi connectivity index (χ4v) is 10.6. The van der Waals surface area contributed by atoms with Gasteiger partial charge in [-0.3, -0.25) is 0 Å². The van der Waals surface area contributed by atoms with Gasteiger partial charge in [0.05, 0.1) is 6.10 Å². The van der Waals surface area contributed by atoms with Crippen LogP contribution in [-0.2, 0) is 0 Å². The summed E-state index contributed by atoms with van der Waals surface area (Å²) in [6.45, 7) is 17.8. The maximum absolute atomic E-state index is 10.9. The summed E-state index contributed by atoms with van der Waals surface area (Å²) in [5, 5.41) is 21.1. The van der Waals surface area contributed by atoms with E-state index in [0.717, 1.165) is 6.42 Å². The Morgan fingerprint density at radius 1 is 0.844 bits per heavy atom. The first-order valence-electron chi connectivity index (χ1n) is 13.8. The highest BCUT2D eigenvalue weighted by atomic mass is 16.3. The van der Waals surface area contributed by atoms with Crippen molar-refractivity contribution in [1.29, 1.82) is 0 Å². The van der Waals surface area contributed by atoms with Gasteiger partial charge in [-0.05, 0) is 114 Å². The van der Waals surface area contributed by atoms with E-state index >= 15 is 0 Å². The summed E-state index contributed by atoms with van der Waals surface area (Å²) < 4.78 is 0. The molecule has 182 valence electrons. The lowest BCUT2D eigenvalue weighted by atomic mass is 9.33. The van der Waals surface area contributed by atoms with E-state index in [1.165, 1.54) is 57.8 Å². The minimum absolute atomic E-state index is 0.0245. The van der Waals surface area contributed by atoms with Crippen LogP contribution < -0.4 is 0 Å². The van der Waals surface area contributed by atoms with Crippen LogP contribution in [0, 0.1) is 50.2 Å². The Bertz CT molecular complexity index is 814. The highest BCUT2D eigenvalue weighted by Gasteiger charge is 2.67. The van der Waals surface area contributed by atoms with E-state index in [1.54, 1.807) is 5.57 Å². The number of fused-ring (bicyclic) bond motifs is 7. The Balaban J connectivity index is 1.56. The van der Waals surface area contributed by atoms with Crippen LogP contribution in [0.1, 0.15) is 113 Å². The molecule has 5 rings (SSSR count). The smallest absolute Gasteiger partial charge is 0.0594 e. The van der Waals surface area contributed by atoms with Crippen LogP contribution in [0.15, 0.2) is 11.6 Å². The van der Waals surface area contributed by atoms with E-state index in [0.29, 0.717) is 40.6 Å². The van der Waals surface area contributed by atoms with Crippen LogP contribution in [0.4, 0.5) is 0 Å². The van der Waals surface area contributed by atoms with Gasteiger partial charge in [-0.25, -0.2) is 0 Å². The lowest BCUT2D eigenvalue weighted by molar-refractivity contribution is -0.203. The Kier molecular flexibility index (Phi) is 5.02. The highest BCUT2D eigenvalue weighted by Crippen LogP contribution is 2.75. The van der Waals surface area contributed by atoms with Gasteiger partial charge in [-0.2, -0.15) is 0 Å². The minimum atomic E-state index is -0.149. The van der Waals surface area contributed by atoms with Crippen LogP contribution in [0.25, 0.3) is 0 Å². The molecule has 5 aliphatic carbocycles. The van der Waals surface area contributed by atoms with Crippen molar-refractivity contribution < 1.29 is 10.2 Å². The van der Waals surface area contributed by atoms with Gasteiger partial charge in [-0.1, -0.05) is 60.1 Å². The molecule has 0 spiro atoms. The number of aliphatic hydroxyl groups excluding tert-OH is 2. The summed E-state index contributed by atoms with van der Waals surface area (Å²) in [5.74, 6) is 1.98. The van der Waals surface area contributed by atoms with E-state index in [4.69, 9.17) is 0 Å². The number of aliphatic hydroxyl groups is 2. The Morgan fingerprint density at radius 2 is 1.53 bits per heavy atom. The predicted molar refractivity (Wildman–Crippen MR) is 132 cm³/mol. The lowest BCUT2D eigenvalue weighted by Gasteiger charge is -2.71. The largest absolute Gasteiger partial charge is 0.396 e. The number of hydrogen-bond acceptors (Lipinski definition) is 2. The highest BCUT2D eigenvalue weighted by molar-refractivity contribution is 5.33. The zero-order valence-corrected chi connectivity index (χ0v) is 22.1. The zero-order chi connectivity index (χ0) is 23.4. The molecule has 2 heteroatoms. The maximum atomic E-state index is 10.9. The fourth-order valence-electron chi connectivity index (χ4n) is 10.6. The maximum Gasteiger partial charge on any atom is 0.0594 e. The predicted octanol–water partition coefficient (Wildman–Crippen LogP) is 7.14. The second-order valence-electron chi connectivity index (χ2n) is 15.0. The number of rotatable bonds is 1. The van der Waals surface area contributed by atoms with Crippen LogP contribution in [-0.4, -0.2) is 22.9 Å². The first kappa shape index (κ1) is 23.4. The van der Waals surface area contributed by atoms with Crippen molar-refractivity contribution in [2.45, 2.75) is 119 Å². The van der Waals surface area contributed by atoms with Crippen LogP contribution >= 0.6 is 0 Å². The number of allylic oxidation sites excluding steroid dienone is 2. The summed E-state index contributed by atoms with van der Waals surface area (Å²) in [4.78, 5) is 0. The van der Waals surface area contributed by atoms with E-state index in [9.17, 15) is 10.2 Å². The summed E-state index contributed by atoms with van der Waals surface area (Å²) in [6.07, 6.45) is 14.8. The fraction of sp³-hybridized carbons (Fsp3) is 0.933. The molecule has 4 fully saturated rings. The molecule has 32 heavy (non-hydrogen) atoms. The molecule has 0 aromatic heterocycles. The average molecular weight is 443 g/mol. The quantitative estimate of drug-likeness (QED) is 0.424. The van der Waals surface area contributed by atoms with Crippen molar-refractivity contribution in [3.8, 4) is 0 Å². The molecule has 0 radical (unpaired) electrons. The second-order valence-corrected chi connectivity index (χ2v) is 15.0. The molecule has 9 atom stereocenters. The molecule has 4 saturated carbocycles. The third kappa shape index (κ3) is 2.78. The van der Waals surface area contributed by atoms with Crippen molar-refractivity contribution in [2.24, 2.45) is 50.2 Å². The molecule has 2 N–H and O–H groups in total. The summed E-state index contributed by atoms with van der Waals surface area (Å²) in [7, 11) is 0. The van der Waals surface area contributed by atoms with Gasteiger partial charge in [0.2, 0.25) is 0 Å². The molecular formula is C30H50O2. The Morgan fingerprint density at radius 3 is 2.22 bits per heavy atom. The average Bonchev–Trinajstić information content (AvgIpc) is 2.73. The zero-order valence-electron chi connectivity index (χ0n) is 22.1. The van der Waals surface area contributed by atoms with Gasteiger partial charge in [0.25, 0.3) is 0 Å². The van der Waals surface area contributed by atoms with Crippen LogP contribution in [0.5, 0.6) is 0 Å². The number of hydrogen-bond donors (Lipinski definition) is 2. The summed E-state index contributed by atoms with van der Waals surface area (Å²) in [5.41, 5.74) is 3.26. The molecule has 0 heterocycles. The molecule has 0 aliphatic heterocycles. The SMILES string of the molecule is CC1(CO)CC[C@]2(C)CC[C@]3(C)C(=CC[C@@H]4[C@@]5(C)CC[C@H](O)C(C)(C)C5CC[C@]43C)[C@@H]2C1. The molecule has 0 saturated heterocycles. The second kappa shape index (κ2) is 6.87. The van der Waals surface area contributed by atoms with E-state index < -0.39 is 0 Å². The molecule has 2 nitrogen and oxygen atoms in total. The van der Waals surface area contributed by atoms with Crippen LogP contribution in [0.3, 0.4) is 0 Å². The Hall–Kier alpha value is -0.340. The summed E-state index contributed by atoms with van der Waals surface area (Å²) >= 11 is 0. The first-order chi connectivity index (χ1) is 14.8.